The molecule has 1 aromatic rings. The summed E-state index contributed by atoms with van der Waals surface area (Å²) in [5, 5.41) is 0. The highest BCUT2D eigenvalue weighted by Crippen LogP contribution is 2.29. The SMILES string of the molecule is C[C@@H](N[S@+]([O-])C(C)(C)C)c1ccnc(C(F)(F)F)c1. The van der Waals surface area contributed by atoms with Crippen molar-refractivity contribution < 1.29 is 17.7 Å². The summed E-state index contributed by atoms with van der Waals surface area (Å²) in [4.78, 5) is 3.29. The van der Waals surface area contributed by atoms with Gasteiger partial charge in [0, 0.05) is 17.6 Å². The second-order valence-corrected chi connectivity index (χ2v) is 7.19. The van der Waals surface area contributed by atoms with Crippen LogP contribution in [0.15, 0.2) is 18.3 Å². The van der Waals surface area contributed by atoms with Crippen LogP contribution in [-0.2, 0) is 17.5 Å². The van der Waals surface area contributed by atoms with Crippen LogP contribution in [0.4, 0.5) is 13.2 Å². The maximum Gasteiger partial charge on any atom is 0.433 e. The Labute approximate surface area is 113 Å². The predicted molar refractivity (Wildman–Crippen MR) is 68.7 cm³/mol. The molecule has 0 unspecified atom stereocenters. The van der Waals surface area contributed by atoms with Crippen LogP contribution in [0.3, 0.4) is 0 Å². The second kappa shape index (κ2) is 5.68. The predicted octanol–water partition coefficient (Wildman–Crippen LogP) is 3.21. The summed E-state index contributed by atoms with van der Waals surface area (Å²) in [6.07, 6.45) is -3.37. The van der Waals surface area contributed by atoms with Gasteiger partial charge in [-0.25, -0.2) is 0 Å². The van der Waals surface area contributed by atoms with E-state index in [9.17, 15) is 17.7 Å². The highest BCUT2D eigenvalue weighted by molar-refractivity contribution is 7.90. The van der Waals surface area contributed by atoms with E-state index in [0.29, 0.717) is 5.56 Å². The summed E-state index contributed by atoms with van der Waals surface area (Å²) < 4.78 is 51.8. The molecule has 0 aliphatic heterocycles. The van der Waals surface area contributed by atoms with Gasteiger partial charge in [0.15, 0.2) is 0 Å². The monoisotopic (exact) mass is 294 g/mol. The molecule has 0 fully saturated rings. The van der Waals surface area contributed by atoms with Crippen molar-refractivity contribution in [2.75, 3.05) is 0 Å². The van der Waals surface area contributed by atoms with E-state index in [2.05, 4.69) is 9.71 Å². The molecule has 0 aliphatic rings. The van der Waals surface area contributed by atoms with Crippen molar-refractivity contribution in [2.45, 2.75) is 44.7 Å². The molecule has 0 saturated heterocycles. The van der Waals surface area contributed by atoms with Gasteiger partial charge in [0.2, 0.25) is 0 Å². The van der Waals surface area contributed by atoms with Gasteiger partial charge < -0.3 is 4.55 Å². The smallest absolute Gasteiger partial charge is 0.433 e. The first-order valence-electron chi connectivity index (χ1n) is 5.73. The fourth-order valence-corrected chi connectivity index (χ4v) is 2.09. The lowest BCUT2D eigenvalue weighted by Gasteiger charge is -2.26. The number of alkyl halides is 3. The van der Waals surface area contributed by atoms with Crippen LogP contribution in [0.25, 0.3) is 0 Å². The van der Waals surface area contributed by atoms with Crippen molar-refractivity contribution in [2.24, 2.45) is 0 Å². The first-order chi connectivity index (χ1) is 8.51. The molecule has 0 amide bonds. The van der Waals surface area contributed by atoms with E-state index in [1.807, 2.05) is 0 Å². The van der Waals surface area contributed by atoms with Crippen molar-refractivity contribution >= 4 is 11.4 Å². The minimum absolute atomic E-state index is 0.403. The molecule has 0 radical (unpaired) electrons. The molecule has 0 saturated carbocycles. The summed E-state index contributed by atoms with van der Waals surface area (Å²) in [5.41, 5.74) is -0.542. The Morgan fingerprint density at radius 1 is 1.32 bits per heavy atom. The Kier molecular flexibility index (Phi) is 4.86. The lowest BCUT2D eigenvalue weighted by molar-refractivity contribution is -0.141. The number of hydrogen-bond donors (Lipinski definition) is 1. The van der Waals surface area contributed by atoms with Crippen molar-refractivity contribution in [3.05, 3.63) is 29.6 Å². The van der Waals surface area contributed by atoms with E-state index in [0.717, 1.165) is 12.3 Å². The fraction of sp³-hybridized carbons (Fsp3) is 0.583. The number of halogens is 3. The van der Waals surface area contributed by atoms with Crippen molar-refractivity contribution in [3.8, 4) is 0 Å². The summed E-state index contributed by atoms with van der Waals surface area (Å²) in [7, 11) is 0. The summed E-state index contributed by atoms with van der Waals surface area (Å²) in [6, 6.07) is 1.99. The van der Waals surface area contributed by atoms with Gasteiger partial charge in [-0.05, 0) is 45.4 Å². The summed E-state index contributed by atoms with van der Waals surface area (Å²) >= 11 is -1.35. The van der Waals surface area contributed by atoms with Gasteiger partial charge in [-0.2, -0.15) is 13.2 Å². The van der Waals surface area contributed by atoms with Gasteiger partial charge in [0.25, 0.3) is 0 Å². The third-order valence-electron chi connectivity index (χ3n) is 2.41. The number of hydrogen-bond acceptors (Lipinski definition) is 3. The highest BCUT2D eigenvalue weighted by Gasteiger charge is 2.33. The molecule has 0 bridgehead atoms. The van der Waals surface area contributed by atoms with Crippen LogP contribution >= 0.6 is 0 Å². The zero-order valence-electron chi connectivity index (χ0n) is 11.2. The van der Waals surface area contributed by atoms with Crippen LogP contribution in [-0.4, -0.2) is 14.3 Å². The maximum absolute atomic E-state index is 12.5. The molecular weight excluding hydrogens is 277 g/mol. The lowest BCUT2D eigenvalue weighted by Crippen LogP contribution is -2.40. The van der Waals surface area contributed by atoms with Crippen molar-refractivity contribution in [1.29, 1.82) is 0 Å². The largest absolute Gasteiger partial charge is 0.598 e. The number of pyridine rings is 1. The van der Waals surface area contributed by atoms with Gasteiger partial charge >= 0.3 is 6.18 Å². The van der Waals surface area contributed by atoms with Crippen LogP contribution in [0.1, 0.15) is 45.0 Å². The number of nitrogens with one attached hydrogen (secondary N) is 1. The van der Waals surface area contributed by atoms with E-state index < -0.39 is 34.0 Å². The average Bonchev–Trinajstić information content (AvgIpc) is 2.26. The molecule has 1 rings (SSSR count). The number of aromatic nitrogens is 1. The Bertz CT molecular complexity index is 432. The van der Waals surface area contributed by atoms with Crippen LogP contribution in [0.2, 0.25) is 0 Å². The highest BCUT2D eigenvalue weighted by atomic mass is 32.2. The lowest BCUT2D eigenvalue weighted by atomic mass is 10.1. The molecule has 7 heteroatoms. The maximum atomic E-state index is 12.5. The zero-order valence-corrected chi connectivity index (χ0v) is 12.0. The molecule has 0 aliphatic carbocycles. The van der Waals surface area contributed by atoms with E-state index >= 15 is 0 Å². The molecule has 3 nitrogen and oxygen atoms in total. The standard InChI is InChI=1S/C12H17F3N2OS/c1-8(17-19(18)11(2,3)4)9-5-6-16-10(7-9)12(13,14)15/h5-8,17H,1-4H3/t8-,19-/m1/s1. The molecule has 0 spiro atoms. The van der Waals surface area contributed by atoms with Gasteiger partial charge in [-0.15, -0.1) is 4.72 Å². The Balaban J connectivity index is 2.86. The van der Waals surface area contributed by atoms with Crippen LogP contribution in [0.5, 0.6) is 0 Å². The van der Waals surface area contributed by atoms with Gasteiger partial charge in [0.05, 0.1) is 6.04 Å². The second-order valence-electron chi connectivity index (χ2n) is 5.19. The van der Waals surface area contributed by atoms with Gasteiger partial charge in [-0.1, -0.05) is 0 Å². The molecule has 19 heavy (non-hydrogen) atoms. The first-order valence-corrected chi connectivity index (χ1v) is 6.88. The van der Waals surface area contributed by atoms with Crippen molar-refractivity contribution in [1.82, 2.24) is 9.71 Å². The van der Waals surface area contributed by atoms with E-state index in [1.54, 1.807) is 27.7 Å². The molecular formula is C12H17F3N2OS. The Morgan fingerprint density at radius 2 is 1.89 bits per heavy atom. The van der Waals surface area contributed by atoms with Crippen LogP contribution < -0.4 is 4.72 Å². The third-order valence-corrected chi connectivity index (χ3v) is 4.09. The number of nitrogens with zero attached hydrogens (tertiary/aromatic N) is 1. The van der Waals surface area contributed by atoms with Gasteiger partial charge in [-0.3, -0.25) is 4.98 Å². The summed E-state index contributed by atoms with van der Waals surface area (Å²) in [5.74, 6) is 0. The molecule has 2 atom stereocenters. The quantitative estimate of drug-likeness (QED) is 0.871. The molecule has 108 valence electrons. The third kappa shape index (κ3) is 4.67. The average molecular weight is 294 g/mol. The van der Waals surface area contributed by atoms with Gasteiger partial charge in [0.1, 0.15) is 10.4 Å². The normalized spacial score (nSPS) is 16.2. The number of rotatable bonds is 3. The Hall–Kier alpha value is -0.790. The fourth-order valence-electron chi connectivity index (χ4n) is 1.28. The topological polar surface area (TPSA) is 48.0 Å². The minimum Gasteiger partial charge on any atom is -0.598 e. The minimum atomic E-state index is -4.47. The molecule has 1 N–H and O–H groups in total. The molecule has 1 heterocycles. The van der Waals surface area contributed by atoms with Crippen molar-refractivity contribution in [3.63, 3.8) is 0 Å². The van der Waals surface area contributed by atoms with E-state index in [4.69, 9.17) is 0 Å². The van der Waals surface area contributed by atoms with E-state index in [1.165, 1.54) is 6.07 Å². The Morgan fingerprint density at radius 3 is 2.37 bits per heavy atom. The summed E-state index contributed by atoms with van der Waals surface area (Å²) in [6.45, 7) is 7.03. The first kappa shape index (κ1) is 16.3. The molecule has 0 aromatic carbocycles. The zero-order chi connectivity index (χ0) is 14.8. The van der Waals surface area contributed by atoms with Crippen LogP contribution in [0, 0.1) is 0 Å². The van der Waals surface area contributed by atoms with E-state index in [-0.39, 0.29) is 0 Å². The molecule has 1 aromatic heterocycles.